The molecule has 3 atom stereocenters. The lowest BCUT2D eigenvalue weighted by atomic mass is 9.84. The molecule has 1 aromatic rings. The van der Waals surface area contributed by atoms with E-state index >= 15 is 0 Å². The average Bonchev–Trinajstić information content (AvgIpc) is 3.25. The van der Waals surface area contributed by atoms with Crippen LogP contribution >= 0.6 is 0 Å². The van der Waals surface area contributed by atoms with Gasteiger partial charge in [0.15, 0.2) is 0 Å². The Balaban J connectivity index is 1.42. The van der Waals surface area contributed by atoms with E-state index in [-0.39, 0.29) is 12.0 Å². The van der Waals surface area contributed by atoms with Crippen LogP contribution in [0.5, 0.6) is 0 Å². The van der Waals surface area contributed by atoms with E-state index in [0.717, 1.165) is 32.7 Å². The van der Waals surface area contributed by atoms with Crippen molar-refractivity contribution >= 4 is 5.91 Å². The number of nitrogens with zero attached hydrogens (tertiary/aromatic N) is 3. The maximum absolute atomic E-state index is 12.7. The number of piperidine rings is 1. The van der Waals surface area contributed by atoms with Gasteiger partial charge in [-0.3, -0.25) is 9.78 Å². The van der Waals surface area contributed by atoms with Gasteiger partial charge in [-0.15, -0.1) is 0 Å². The fourth-order valence-corrected chi connectivity index (χ4v) is 4.27. The van der Waals surface area contributed by atoms with Gasteiger partial charge in [0.25, 0.3) is 5.91 Å². The van der Waals surface area contributed by atoms with E-state index in [1.165, 1.54) is 25.9 Å². The van der Waals surface area contributed by atoms with Gasteiger partial charge >= 0.3 is 0 Å². The molecule has 5 heteroatoms. The zero-order valence-electron chi connectivity index (χ0n) is 13.6. The Kier molecular flexibility index (Phi) is 4.31. The number of hydrogen-bond donors (Lipinski definition) is 0. The van der Waals surface area contributed by atoms with Gasteiger partial charge in [-0.1, -0.05) is 6.07 Å². The molecule has 5 nitrogen and oxygen atoms in total. The summed E-state index contributed by atoms with van der Waals surface area (Å²) in [5, 5.41) is 0. The molecule has 23 heavy (non-hydrogen) atoms. The van der Waals surface area contributed by atoms with Gasteiger partial charge in [0.1, 0.15) is 5.69 Å². The van der Waals surface area contributed by atoms with Crippen molar-refractivity contribution in [2.45, 2.75) is 25.4 Å². The van der Waals surface area contributed by atoms with Crippen LogP contribution in [0.4, 0.5) is 0 Å². The molecule has 0 radical (unpaired) electrons. The van der Waals surface area contributed by atoms with Gasteiger partial charge in [0.05, 0.1) is 12.7 Å². The van der Waals surface area contributed by atoms with E-state index in [0.29, 0.717) is 17.5 Å². The van der Waals surface area contributed by atoms with Crippen LogP contribution < -0.4 is 0 Å². The van der Waals surface area contributed by atoms with Crippen LogP contribution in [-0.4, -0.2) is 66.1 Å². The molecule has 0 N–H and O–H groups in total. The third-order valence-corrected chi connectivity index (χ3v) is 5.62. The van der Waals surface area contributed by atoms with Crippen LogP contribution in [-0.2, 0) is 4.74 Å². The van der Waals surface area contributed by atoms with E-state index in [4.69, 9.17) is 4.74 Å². The molecule has 3 aliphatic rings. The standard InChI is InChI=1S/C18H25N3O2/c22-18(16-5-1-2-7-19-16)21-10-6-14-13-23-17(15(14)11-21)12-20-8-3-4-9-20/h1-2,5,7,14-15,17H,3-4,6,8-13H2/t14-,15-,17+/m0/s1. The minimum absolute atomic E-state index is 0.0656. The summed E-state index contributed by atoms with van der Waals surface area (Å²) in [6.45, 7) is 5.96. The van der Waals surface area contributed by atoms with Crippen LogP contribution in [0.15, 0.2) is 24.4 Å². The second-order valence-corrected chi connectivity index (χ2v) is 7.06. The number of hydrogen-bond acceptors (Lipinski definition) is 4. The van der Waals surface area contributed by atoms with E-state index in [9.17, 15) is 4.79 Å². The molecular weight excluding hydrogens is 290 g/mol. The number of ether oxygens (including phenoxy) is 1. The van der Waals surface area contributed by atoms with Gasteiger partial charge < -0.3 is 14.5 Å². The number of carbonyl (C=O) groups is 1. The summed E-state index contributed by atoms with van der Waals surface area (Å²) in [5.41, 5.74) is 0.556. The van der Waals surface area contributed by atoms with Gasteiger partial charge in [0.2, 0.25) is 0 Å². The van der Waals surface area contributed by atoms with E-state index < -0.39 is 0 Å². The topological polar surface area (TPSA) is 45.7 Å². The highest BCUT2D eigenvalue weighted by atomic mass is 16.5. The summed E-state index contributed by atoms with van der Waals surface area (Å²) in [6.07, 6.45) is 5.66. The maximum atomic E-state index is 12.7. The molecule has 0 aromatic carbocycles. The fraction of sp³-hybridized carbons (Fsp3) is 0.667. The van der Waals surface area contributed by atoms with Crippen molar-refractivity contribution in [1.29, 1.82) is 0 Å². The smallest absolute Gasteiger partial charge is 0.272 e. The van der Waals surface area contributed by atoms with Crippen molar-refractivity contribution in [3.8, 4) is 0 Å². The van der Waals surface area contributed by atoms with Crippen LogP contribution in [0.3, 0.4) is 0 Å². The number of aromatic nitrogens is 1. The molecule has 0 saturated carbocycles. The zero-order valence-corrected chi connectivity index (χ0v) is 13.6. The minimum Gasteiger partial charge on any atom is -0.376 e. The Morgan fingerprint density at radius 3 is 2.91 bits per heavy atom. The summed E-state index contributed by atoms with van der Waals surface area (Å²) < 4.78 is 6.10. The van der Waals surface area contributed by atoms with E-state index in [2.05, 4.69) is 9.88 Å². The molecular formula is C18H25N3O2. The summed E-state index contributed by atoms with van der Waals surface area (Å²) in [5.74, 6) is 1.17. The summed E-state index contributed by atoms with van der Waals surface area (Å²) in [6, 6.07) is 5.53. The van der Waals surface area contributed by atoms with Crippen molar-refractivity contribution in [2.24, 2.45) is 11.8 Å². The lowest BCUT2D eigenvalue weighted by molar-refractivity contribution is 0.0433. The van der Waals surface area contributed by atoms with Crippen LogP contribution in [0.2, 0.25) is 0 Å². The van der Waals surface area contributed by atoms with Gasteiger partial charge in [-0.05, 0) is 50.4 Å². The SMILES string of the molecule is O=C(c1ccccn1)N1CC[C@H]2CO[C@H](CN3CCCC3)[C@H]2C1. The third-order valence-electron chi connectivity index (χ3n) is 5.62. The van der Waals surface area contributed by atoms with Crippen LogP contribution in [0.25, 0.3) is 0 Å². The number of fused-ring (bicyclic) bond motifs is 1. The Morgan fingerprint density at radius 2 is 2.13 bits per heavy atom. The molecule has 3 fully saturated rings. The third kappa shape index (κ3) is 3.12. The van der Waals surface area contributed by atoms with Gasteiger partial charge in [-0.25, -0.2) is 0 Å². The fourth-order valence-electron chi connectivity index (χ4n) is 4.27. The lowest BCUT2D eigenvalue weighted by Crippen LogP contribution is -2.47. The molecule has 1 aromatic heterocycles. The number of carbonyl (C=O) groups excluding carboxylic acids is 1. The Hall–Kier alpha value is -1.46. The highest BCUT2D eigenvalue weighted by molar-refractivity contribution is 5.92. The normalized spacial score (nSPS) is 31.3. The van der Waals surface area contributed by atoms with Gasteiger partial charge in [0, 0.05) is 31.7 Å². The molecule has 0 bridgehead atoms. The predicted molar refractivity (Wildman–Crippen MR) is 87.2 cm³/mol. The summed E-state index contributed by atoms with van der Waals surface area (Å²) >= 11 is 0. The zero-order chi connectivity index (χ0) is 15.6. The summed E-state index contributed by atoms with van der Waals surface area (Å²) in [7, 11) is 0. The molecule has 3 aliphatic heterocycles. The number of likely N-dealkylation sites (tertiary alicyclic amines) is 2. The van der Waals surface area contributed by atoms with Crippen molar-refractivity contribution < 1.29 is 9.53 Å². The highest BCUT2D eigenvalue weighted by Gasteiger charge is 2.42. The predicted octanol–water partition coefficient (Wildman–Crippen LogP) is 1.65. The van der Waals surface area contributed by atoms with Crippen molar-refractivity contribution in [1.82, 2.24) is 14.8 Å². The Morgan fingerprint density at radius 1 is 1.26 bits per heavy atom. The van der Waals surface area contributed by atoms with Crippen LogP contribution in [0.1, 0.15) is 29.8 Å². The first-order chi connectivity index (χ1) is 11.3. The molecule has 0 aliphatic carbocycles. The second kappa shape index (κ2) is 6.57. The largest absolute Gasteiger partial charge is 0.376 e. The first-order valence-electron chi connectivity index (χ1n) is 8.85. The highest BCUT2D eigenvalue weighted by Crippen LogP contribution is 2.35. The number of rotatable bonds is 3. The first kappa shape index (κ1) is 15.1. The van der Waals surface area contributed by atoms with Gasteiger partial charge in [-0.2, -0.15) is 0 Å². The second-order valence-electron chi connectivity index (χ2n) is 7.06. The molecule has 4 heterocycles. The molecule has 0 unspecified atom stereocenters. The number of amides is 1. The quantitative estimate of drug-likeness (QED) is 0.851. The molecule has 0 spiro atoms. The monoisotopic (exact) mass is 315 g/mol. The number of pyridine rings is 1. The minimum atomic E-state index is 0.0656. The molecule has 4 rings (SSSR count). The molecule has 3 saturated heterocycles. The Bertz CT molecular complexity index is 544. The van der Waals surface area contributed by atoms with Crippen LogP contribution in [0, 0.1) is 11.8 Å². The molecule has 1 amide bonds. The summed E-state index contributed by atoms with van der Waals surface area (Å²) in [4.78, 5) is 21.4. The van der Waals surface area contributed by atoms with E-state index in [1.54, 1.807) is 12.3 Å². The molecule has 124 valence electrons. The van der Waals surface area contributed by atoms with Crippen molar-refractivity contribution in [3.63, 3.8) is 0 Å². The Labute approximate surface area is 137 Å². The average molecular weight is 315 g/mol. The van der Waals surface area contributed by atoms with E-state index in [1.807, 2.05) is 17.0 Å². The van der Waals surface area contributed by atoms with Crippen molar-refractivity contribution in [2.75, 3.05) is 39.3 Å². The van der Waals surface area contributed by atoms with Crippen molar-refractivity contribution in [3.05, 3.63) is 30.1 Å². The lowest BCUT2D eigenvalue weighted by Gasteiger charge is -2.36. The first-order valence-corrected chi connectivity index (χ1v) is 8.85. The maximum Gasteiger partial charge on any atom is 0.272 e.